The Morgan fingerprint density at radius 3 is 2.15 bits per heavy atom. The molecule has 1 aromatic heterocycles. The number of hydrogen-bond donors (Lipinski definition) is 1. The SMILES string of the molecule is CC(C)(C)c1ccc(NC(=O)c2ccc(-c3ncc(Cl)cc3Cl)cc2)cc1. The summed E-state index contributed by atoms with van der Waals surface area (Å²) in [7, 11) is 0. The van der Waals surface area contributed by atoms with Crippen molar-refractivity contribution in [3.63, 3.8) is 0 Å². The Kier molecular flexibility index (Phi) is 5.54. The maximum atomic E-state index is 12.5. The van der Waals surface area contributed by atoms with Crippen LogP contribution < -0.4 is 5.32 Å². The van der Waals surface area contributed by atoms with E-state index in [4.69, 9.17) is 23.2 Å². The lowest BCUT2D eigenvalue weighted by molar-refractivity contribution is 0.102. The van der Waals surface area contributed by atoms with Crippen LogP contribution in [0, 0.1) is 0 Å². The summed E-state index contributed by atoms with van der Waals surface area (Å²) < 4.78 is 0. The van der Waals surface area contributed by atoms with Crippen molar-refractivity contribution in [2.24, 2.45) is 0 Å². The van der Waals surface area contributed by atoms with Crippen LogP contribution >= 0.6 is 23.2 Å². The highest BCUT2D eigenvalue weighted by atomic mass is 35.5. The van der Waals surface area contributed by atoms with Crippen LogP contribution in [-0.2, 0) is 5.41 Å². The van der Waals surface area contributed by atoms with E-state index in [9.17, 15) is 4.79 Å². The highest BCUT2D eigenvalue weighted by molar-refractivity contribution is 6.36. The van der Waals surface area contributed by atoms with E-state index in [2.05, 4.69) is 31.1 Å². The standard InChI is InChI=1S/C22H20Cl2N2O/c1-22(2,3)16-8-10-18(11-9-16)26-21(27)15-6-4-14(5-7-15)20-19(24)12-17(23)13-25-20/h4-13H,1-3H3,(H,26,27). The van der Waals surface area contributed by atoms with Crippen molar-refractivity contribution < 1.29 is 4.79 Å². The van der Waals surface area contributed by atoms with Crippen molar-refractivity contribution in [3.8, 4) is 11.3 Å². The number of nitrogens with one attached hydrogen (secondary N) is 1. The number of carbonyl (C=O) groups is 1. The van der Waals surface area contributed by atoms with Gasteiger partial charge in [0, 0.05) is 23.0 Å². The van der Waals surface area contributed by atoms with Crippen LogP contribution in [0.2, 0.25) is 10.0 Å². The molecule has 27 heavy (non-hydrogen) atoms. The number of amides is 1. The minimum absolute atomic E-state index is 0.0787. The van der Waals surface area contributed by atoms with Crippen LogP contribution in [-0.4, -0.2) is 10.9 Å². The Balaban J connectivity index is 1.74. The molecule has 1 heterocycles. The van der Waals surface area contributed by atoms with Crippen molar-refractivity contribution in [1.82, 2.24) is 4.98 Å². The third kappa shape index (κ3) is 4.68. The molecule has 3 nitrogen and oxygen atoms in total. The number of pyridine rings is 1. The Hall–Kier alpha value is -2.36. The van der Waals surface area contributed by atoms with Crippen molar-refractivity contribution >= 4 is 34.8 Å². The van der Waals surface area contributed by atoms with E-state index in [-0.39, 0.29) is 11.3 Å². The van der Waals surface area contributed by atoms with Crippen molar-refractivity contribution in [3.05, 3.63) is 82.0 Å². The van der Waals surface area contributed by atoms with Crippen LogP contribution in [0.1, 0.15) is 36.7 Å². The molecule has 5 heteroatoms. The first-order valence-corrected chi connectivity index (χ1v) is 9.33. The predicted molar refractivity (Wildman–Crippen MR) is 113 cm³/mol. The van der Waals surface area contributed by atoms with E-state index in [0.717, 1.165) is 11.3 Å². The first-order valence-electron chi connectivity index (χ1n) is 8.57. The van der Waals surface area contributed by atoms with Gasteiger partial charge >= 0.3 is 0 Å². The van der Waals surface area contributed by atoms with Gasteiger partial charge in [0.1, 0.15) is 0 Å². The average molecular weight is 399 g/mol. The summed E-state index contributed by atoms with van der Waals surface area (Å²) in [5.74, 6) is -0.166. The number of hydrogen-bond acceptors (Lipinski definition) is 2. The lowest BCUT2D eigenvalue weighted by Gasteiger charge is -2.19. The maximum absolute atomic E-state index is 12.5. The molecular formula is C22H20Cl2N2O. The third-order valence-corrected chi connectivity index (χ3v) is 4.73. The first-order chi connectivity index (χ1) is 12.7. The molecule has 3 aromatic rings. The Morgan fingerprint density at radius 1 is 0.963 bits per heavy atom. The summed E-state index contributed by atoms with van der Waals surface area (Å²) in [6.45, 7) is 6.47. The van der Waals surface area contributed by atoms with Gasteiger partial charge in [-0.3, -0.25) is 9.78 Å². The van der Waals surface area contributed by atoms with Gasteiger partial charge < -0.3 is 5.32 Å². The van der Waals surface area contributed by atoms with Crippen LogP contribution in [0.4, 0.5) is 5.69 Å². The molecule has 0 aliphatic rings. The molecule has 138 valence electrons. The second-order valence-corrected chi connectivity index (χ2v) is 8.19. The van der Waals surface area contributed by atoms with Gasteiger partial charge in [-0.25, -0.2) is 0 Å². The fourth-order valence-corrected chi connectivity index (χ4v) is 3.15. The summed E-state index contributed by atoms with van der Waals surface area (Å²) in [4.78, 5) is 16.7. The number of rotatable bonds is 3. The van der Waals surface area contributed by atoms with Crippen LogP contribution in [0.5, 0.6) is 0 Å². The number of carbonyl (C=O) groups excluding carboxylic acids is 1. The topological polar surface area (TPSA) is 42.0 Å². The number of benzene rings is 2. The molecule has 3 rings (SSSR count). The zero-order valence-electron chi connectivity index (χ0n) is 15.4. The molecule has 0 spiro atoms. The smallest absolute Gasteiger partial charge is 0.255 e. The van der Waals surface area contributed by atoms with Crippen molar-refractivity contribution in [1.29, 1.82) is 0 Å². The molecule has 0 aliphatic heterocycles. The number of halogens is 2. The van der Waals surface area contributed by atoms with E-state index in [1.54, 1.807) is 24.4 Å². The van der Waals surface area contributed by atoms with Gasteiger partial charge in [0.15, 0.2) is 0 Å². The lowest BCUT2D eigenvalue weighted by Crippen LogP contribution is -2.13. The minimum atomic E-state index is -0.166. The van der Waals surface area contributed by atoms with Crippen molar-refractivity contribution in [2.75, 3.05) is 5.32 Å². The Morgan fingerprint density at radius 2 is 1.59 bits per heavy atom. The monoisotopic (exact) mass is 398 g/mol. The molecule has 0 saturated carbocycles. The molecule has 0 aliphatic carbocycles. The molecule has 0 unspecified atom stereocenters. The number of aromatic nitrogens is 1. The van der Waals surface area contributed by atoms with Gasteiger partial charge in [-0.05, 0) is 41.3 Å². The fraction of sp³-hybridized carbons (Fsp3) is 0.182. The zero-order valence-corrected chi connectivity index (χ0v) is 16.9. The van der Waals surface area contributed by atoms with E-state index in [1.165, 1.54) is 5.56 Å². The van der Waals surface area contributed by atoms with E-state index in [0.29, 0.717) is 21.3 Å². The van der Waals surface area contributed by atoms with Gasteiger partial charge in [0.05, 0.1) is 15.7 Å². The zero-order chi connectivity index (χ0) is 19.6. The van der Waals surface area contributed by atoms with Crippen LogP contribution in [0.15, 0.2) is 60.8 Å². The second kappa shape index (κ2) is 7.71. The summed E-state index contributed by atoms with van der Waals surface area (Å²) >= 11 is 12.1. The molecule has 1 amide bonds. The molecule has 2 aromatic carbocycles. The number of nitrogens with zero attached hydrogens (tertiary/aromatic N) is 1. The van der Waals surface area contributed by atoms with Gasteiger partial charge in [0.25, 0.3) is 5.91 Å². The average Bonchev–Trinajstić information content (AvgIpc) is 2.61. The van der Waals surface area contributed by atoms with Crippen molar-refractivity contribution in [2.45, 2.75) is 26.2 Å². The van der Waals surface area contributed by atoms with Gasteiger partial charge in [-0.15, -0.1) is 0 Å². The Bertz CT molecular complexity index is 959. The summed E-state index contributed by atoms with van der Waals surface area (Å²) in [6.07, 6.45) is 1.55. The summed E-state index contributed by atoms with van der Waals surface area (Å²) in [5, 5.41) is 3.87. The second-order valence-electron chi connectivity index (χ2n) is 7.34. The van der Waals surface area contributed by atoms with E-state index < -0.39 is 0 Å². The number of anilines is 1. The highest BCUT2D eigenvalue weighted by Gasteiger charge is 2.14. The van der Waals surface area contributed by atoms with Gasteiger partial charge in [-0.1, -0.05) is 68.2 Å². The quantitative estimate of drug-likeness (QED) is 0.539. The van der Waals surface area contributed by atoms with Crippen LogP contribution in [0.25, 0.3) is 11.3 Å². The molecule has 0 fully saturated rings. The van der Waals surface area contributed by atoms with E-state index >= 15 is 0 Å². The highest BCUT2D eigenvalue weighted by Crippen LogP contribution is 2.28. The largest absolute Gasteiger partial charge is 0.322 e. The molecule has 0 saturated heterocycles. The first kappa shape index (κ1) is 19.4. The fourth-order valence-electron chi connectivity index (χ4n) is 2.66. The molecule has 0 atom stereocenters. The van der Waals surface area contributed by atoms with Gasteiger partial charge in [0.2, 0.25) is 0 Å². The molecule has 0 radical (unpaired) electrons. The molecule has 1 N–H and O–H groups in total. The third-order valence-electron chi connectivity index (χ3n) is 4.24. The predicted octanol–water partition coefficient (Wildman–Crippen LogP) is 6.61. The Labute approximate surface area is 169 Å². The maximum Gasteiger partial charge on any atom is 0.255 e. The lowest BCUT2D eigenvalue weighted by atomic mass is 9.87. The normalized spacial score (nSPS) is 11.3. The summed E-state index contributed by atoms with van der Waals surface area (Å²) in [6, 6.07) is 16.7. The summed E-state index contributed by atoms with van der Waals surface area (Å²) in [5.41, 5.74) is 4.07. The molecule has 0 bridgehead atoms. The minimum Gasteiger partial charge on any atom is -0.322 e. The van der Waals surface area contributed by atoms with Gasteiger partial charge in [-0.2, -0.15) is 0 Å². The molecular weight excluding hydrogens is 379 g/mol. The van der Waals surface area contributed by atoms with E-state index in [1.807, 2.05) is 36.4 Å². The van der Waals surface area contributed by atoms with Crippen LogP contribution in [0.3, 0.4) is 0 Å².